The molecule has 0 N–H and O–H groups in total. The molecule has 5 nitrogen and oxygen atoms in total. The minimum absolute atomic E-state index is 0.572. The van der Waals surface area contributed by atoms with Crippen molar-refractivity contribution < 1.29 is 14.2 Å². The molecule has 1 aromatic carbocycles. The second-order valence-corrected chi connectivity index (χ2v) is 5.00. The van der Waals surface area contributed by atoms with E-state index < -0.39 is 0 Å². The van der Waals surface area contributed by atoms with Crippen molar-refractivity contribution in [3.63, 3.8) is 0 Å². The van der Waals surface area contributed by atoms with Crippen molar-refractivity contribution >= 4 is 34.1 Å². The maximum absolute atomic E-state index is 5.30. The van der Waals surface area contributed by atoms with Gasteiger partial charge in [-0.2, -0.15) is 4.37 Å². The summed E-state index contributed by atoms with van der Waals surface area (Å²) < 4.78 is 20.7. The second-order valence-electron chi connectivity index (χ2n) is 3.28. The molecular formula is C11H11IN2O3S. The summed E-state index contributed by atoms with van der Waals surface area (Å²) in [6.45, 7) is 0. The number of ether oxygens (including phenoxy) is 3. The molecule has 1 aromatic heterocycles. The Morgan fingerprint density at radius 3 is 2.06 bits per heavy atom. The van der Waals surface area contributed by atoms with Gasteiger partial charge in [0.1, 0.15) is 5.01 Å². The summed E-state index contributed by atoms with van der Waals surface area (Å²) in [5.74, 6) is 1.79. The van der Waals surface area contributed by atoms with E-state index in [2.05, 4.69) is 31.9 Å². The van der Waals surface area contributed by atoms with Crippen LogP contribution in [0, 0.1) is 3.83 Å². The fraction of sp³-hybridized carbons (Fsp3) is 0.273. The number of benzene rings is 1. The van der Waals surface area contributed by atoms with Gasteiger partial charge in [-0.3, -0.25) is 0 Å². The van der Waals surface area contributed by atoms with E-state index in [1.165, 1.54) is 11.5 Å². The number of nitrogens with zero attached hydrogens (tertiary/aromatic N) is 2. The van der Waals surface area contributed by atoms with Gasteiger partial charge < -0.3 is 14.2 Å². The molecule has 96 valence electrons. The summed E-state index contributed by atoms with van der Waals surface area (Å²) in [5, 5.41) is 0.818. The Morgan fingerprint density at radius 2 is 1.67 bits per heavy atom. The molecule has 0 bridgehead atoms. The molecule has 18 heavy (non-hydrogen) atoms. The van der Waals surface area contributed by atoms with E-state index in [1.807, 2.05) is 12.1 Å². The first-order chi connectivity index (χ1) is 8.69. The molecule has 1 heterocycles. The fourth-order valence-electron chi connectivity index (χ4n) is 1.53. The quantitative estimate of drug-likeness (QED) is 0.766. The molecule has 0 radical (unpaired) electrons. The summed E-state index contributed by atoms with van der Waals surface area (Å²) >= 11 is 3.41. The Balaban J connectivity index is 2.56. The van der Waals surface area contributed by atoms with Crippen molar-refractivity contribution in [2.75, 3.05) is 21.3 Å². The second kappa shape index (κ2) is 5.70. The smallest absolute Gasteiger partial charge is 0.203 e. The topological polar surface area (TPSA) is 53.5 Å². The van der Waals surface area contributed by atoms with Crippen LogP contribution in [0.25, 0.3) is 10.6 Å². The van der Waals surface area contributed by atoms with Crippen molar-refractivity contribution in [3.8, 4) is 27.8 Å². The first-order valence-corrected chi connectivity index (χ1v) is 6.84. The van der Waals surface area contributed by atoms with Gasteiger partial charge >= 0.3 is 0 Å². The van der Waals surface area contributed by atoms with Crippen molar-refractivity contribution in [1.82, 2.24) is 9.36 Å². The molecule has 0 spiro atoms. The molecule has 0 atom stereocenters. The highest BCUT2D eigenvalue weighted by Gasteiger charge is 2.15. The van der Waals surface area contributed by atoms with Crippen LogP contribution in [0.15, 0.2) is 12.1 Å². The lowest BCUT2D eigenvalue weighted by Crippen LogP contribution is -1.95. The average Bonchev–Trinajstić information content (AvgIpc) is 2.83. The van der Waals surface area contributed by atoms with Crippen molar-refractivity contribution in [3.05, 3.63) is 16.0 Å². The van der Waals surface area contributed by atoms with Gasteiger partial charge in [0.25, 0.3) is 0 Å². The highest BCUT2D eigenvalue weighted by atomic mass is 127. The number of rotatable bonds is 4. The van der Waals surface area contributed by atoms with E-state index in [4.69, 9.17) is 14.2 Å². The van der Waals surface area contributed by atoms with Gasteiger partial charge in [0.05, 0.1) is 21.3 Å². The Hall–Kier alpha value is -1.09. The number of hydrogen-bond acceptors (Lipinski definition) is 6. The molecule has 2 rings (SSSR count). The van der Waals surface area contributed by atoms with Gasteiger partial charge in [-0.15, -0.1) is 0 Å². The van der Waals surface area contributed by atoms with Gasteiger partial charge in [0.15, 0.2) is 11.5 Å². The first-order valence-electron chi connectivity index (χ1n) is 4.99. The van der Waals surface area contributed by atoms with Crippen LogP contribution in [-0.2, 0) is 0 Å². The third-order valence-corrected chi connectivity index (χ3v) is 3.89. The maximum atomic E-state index is 5.30. The molecular weight excluding hydrogens is 367 g/mol. The van der Waals surface area contributed by atoms with Gasteiger partial charge in [0, 0.05) is 28.2 Å². The zero-order valence-corrected chi connectivity index (χ0v) is 13.0. The van der Waals surface area contributed by atoms with Crippen LogP contribution in [0.1, 0.15) is 0 Å². The van der Waals surface area contributed by atoms with E-state index in [-0.39, 0.29) is 0 Å². The van der Waals surface area contributed by atoms with E-state index in [0.29, 0.717) is 17.2 Å². The van der Waals surface area contributed by atoms with Crippen LogP contribution in [-0.4, -0.2) is 30.7 Å². The fourth-order valence-corrected chi connectivity index (χ4v) is 2.78. The van der Waals surface area contributed by atoms with Gasteiger partial charge in [0.2, 0.25) is 9.58 Å². The third-order valence-electron chi connectivity index (χ3n) is 2.31. The number of methoxy groups -OCH3 is 3. The summed E-state index contributed by atoms with van der Waals surface area (Å²) in [4.78, 5) is 4.33. The zero-order valence-electron chi connectivity index (χ0n) is 10.1. The third kappa shape index (κ3) is 2.51. The predicted molar refractivity (Wildman–Crippen MR) is 77.7 cm³/mol. The molecule has 0 saturated heterocycles. The standard InChI is InChI=1S/C11H11IN2O3S/c1-15-7-4-6(10-13-11(12)14-18-10)5-8(16-2)9(7)17-3/h4-5H,1-3H3. The highest BCUT2D eigenvalue weighted by molar-refractivity contribution is 14.1. The van der Waals surface area contributed by atoms with Crippen LogP contribution in [0.3, 0.4) is 0 Å². The van der Waals surface area contributed by atoms with Crippen LogP contribution in [0.5, 0.6) is 17.2 Å². The number of halogens is 1. The van der Waals surface area contributed by atoms with Crippen molar-refractivity contribution in [1.29, 1.82) is 0 Å². The average molecular weight is 378 g/mol. The predicted octanol–water partition coefficient (Wildman–Crippen LogP) is 2.84. The minimum atomic E-state index is 0.572. The lowest BCUT2D eigenvalue weighted by atomic mass is 10.2. The normalized spacial score (nSPS) is 10.2. The molecule has 0 unspecified atom stereocenters. The molecule has 0 aliphatic rings. The van der Waals surface area contributed by atoms with Crippen LogP contribution >= 0.6 is 34.1 Å². The Kier molecular flexibility index (Phi) is 4.23. The molecule has 0 fully saturated rings. The van der Waals surface area contributed by atoms with E-state index in [9.17, 15) is 0 Å². The largest absolute Gasteiger partial charge is 0.493 e. The van der Waals surface area contributed by atoms with Gasteiger partial charge in [-0.05, 0) is 23.7 Å². The summed E-state index contributed by atoms with van der Waals surface area (Å²) in [6.07, 6.45) is 0. The lowest BCUT2D eigenvalue weighted by Gasteiger charge is -2.13. The SMILES string of the molecule is COc1cc(-c2nc(I)ns2)cc(OC)c1OC. The minimum Gasteiger partial charge on any atom is -0.493 e. The maximum Gasteiger partial charge on any atom is 0.203 e. The van der Waals surface area contributed by atoms with E-state index in [1.54, 1.807) is 21.3 Å². The van der Waals surface area contributed by atoms with Crippen molar-refractivity contribution in [2.24, 2.45) is 0 Å². The number of hydrogen-bond donors (Lipinski definition) is 0. The lowest BCUT2D eigenvalue weighted by molar-refractivity contribution is 0.324. The van der Waals surface area contributed by atoms with Crippen LogP contribution < -0.4 is 14.2 Å². The van der Waals surface area contributed by atoms with Crippen LogP contribution in [0.2, 0.25) is 0 Å². The number of aromatic nitrogens is 2. The monoisotopic (exact) mass is 378 g/mol. The van der Waals surface area contributed by atoms with E-state index >= 15 is 0 Å². The first kappa shape index (κ1) is 13.3. The Labute approximate surface area is 122 Å². The summed E-state index contributed by atoms with van der Waals surface area (Å²) in [7, 11) is 4.75. The molecule has 0 amide bonds. The van der Waals surface area contributed by atoms with Crippen LogP contribution in [0.4, 0.5) is 0 Å². The molecule has 0 saturated carbocycles. The zero-order chi connectivity index (χ0) is 13.1. The molecule has 0 aliphatic carbocycles. The van der Waals surface area contributed by atoms with Gasteiger partial charge in [-0.1, -0.05) is 0 Å². The molecule has 7 heteroatoms. The molecule has 2 aromatic rings. The molecule has 0 aliphatic heterocycles. The Bertz CT molecular complexity index is 534. The highest BCUT2D eigenvalue weighted by Crippen LogP contribution is 2.41. The Morgan fingerprint density at radius 1 is 1.06 bits per heavy atom. The van der Waals surface area contributed by atoms with Crippen molar-refractivity contribution in [2.45, 2.75) is 0 Å². The van der Waals surface area contributed by atoms with Gasteiger partial charge in [-0.25, -0.2) is 4.98 Å². The summed E-state index contributed by atoms with van der Waals surface area (Å²) in [5.41, 5.74) is 0.893. The van der Waals surface area contributed by atoms with E-state index in [0.717, 1.165) is 14.4 Å². The summed E-state index contributed by atoms with van der Waals surface area (Å²) in [6, 6.07) is 3.72.